The predicted molar refractivity (Wildman–Crippen MR) is 136 cm³/mol. The zero-order chi connectivity index (χ0) is 25.4. The number of thioether (sulfide) groups is 1. The molecule has 3 heterocycles. The summed E-state index contributed by atoms with van der Waals surface area (Å²) in [7, 11) is 0. The maximum atomic E-state index is 13.4. The van der Waals surface area contributed by atoms with Gasteiger partial charge in [0.2, 0.25) is 11.8 Å². The summed E-state index contributed by atoms with van der Waals surface area (Å²) in [5.41, 5.74) is 1.94. The topological polar surface area (TPSA) is 99.5 Å². The number of hydrogen-bond donors (Lipinski definition) is 0. The fourth-order valence-corrected chi connectivity index (χ4v) is 10.6. The Kier molecular flexibility index (Phi) is 5.23. The second-order valence-electron chi connectivity index (χ2n) is 10.3. The molecule has 0 spiro atoms. The van der Waals surface area contributed by atoms with Crippen LogP contribution in [-0.4, -0.2) is 39.0 Å². The Bertz CT molecular complexity index is 1480. The number of hydrogen-bond acceptors (Lipinski definition) is 7. The Morgan fingerprint density at radius 1 is 0.919 bits per heavy atom. The van der Waals surface area contributed by atoms with Gasteiger partial charge >= 0.3 is 4.87 Å². The molecule has 37 heavy (non-hydrogen) atoms. The van der Waals surface area contributed by atoms with Crippen molar-refractivity contribution in [1.82, 2.24) is 9.47 Å². The van der Waals surface area contributed by atoms with E-state index in [0.717, 1.165) is 27.6 Å². The molecule has 2 amide bonds. The minimum atomic E-state index is -1.27. The van der Waals surface area contributed by atoms with Crippen LogP contribution in [0.25, 0.3) is 5.69 Å². The smallest absolute Gasteiger partial charge is 0.312 e. The van der Waals surface area contributed by atoms with Crippen molar-refractivity contribution in [2.24, 2.45) is 29.6 Å². The minimum Gasteiger partial charge on any atom is -0.550 e. The van der Waals surface area contributed by atoms with E-state index < -0.39 is 17.8 Å². The fourth-order valence-electron chi connectivity index (χ4n) is 7.39. The first-order valence-electron chi connectivity index (χ1n) is 12.5. The number of amides is 2. The Morgan fingerprint density at radius 3 is 2.24 bits per heavy atom. The van der Waals surface area contributed by atoms with Crippen LogP contribution in [0.2, 0.25) is 0 Å². The number of benzene rings is 2. The van der Waals surface area contributed by atoms with E-state index in [-0.39, 0.29) is 58.6 Å². The van der Waals surface area contributed by atoms with Crippen LogP contribution in [0.3, 0.4) is 0 Å². The summed E-state index contributed by atoms with van der Waals surface area (Å²) in [6.07, 6.45) is 0.457. The van der Waals surface area contributed by atoms with Crippen molar-refractivity contribution < 1.29 is 19.5 Å². The second kappa shape index (κ2) is 8.43. The maximum Gasteiger partial charge on any atom is 0.312 e. The SMILES string of the molecule is O=C([O-])CCN1C(=O)C2C3CC(C2C1=O)C1C(c2ccccc2)c2sc(=O)n(-c4ccccc4)c2SC31. The molecule has 7 unspecified atom stereocenters. The van der Waals surface area contributed by atoms with Crippen molar-refractivity contribution in [1.29, 1.82) is 0 Å². The maximum absolute atomic E-state index is 13.4. The van der Waals surface area contributed by atoms with E-state index in [1.807, 2.05) is 48.5 Å². The molecule has 4 aliphatic rings. The van der Waals surface area contributed by atoms with Crippen LogP contribution in [0.1, 0.15) is 29.2 Å². The summed E-state index contributed by atoms with van der Waals surface area (Å²) in [6.45, 7) is -0.127. The van der Waals surface area contributed by atoms with Gasteiger partial charge in [-0.25, -0.2) is 0 Å². The third-order valence-electron chi connectivity index (χ3n) is 8.67. The van der Waals surface area contributed by atoms with Crippen LogP contribution >= 0.6 is 23.1 Å². The minimum absolute atomic E-state index is 0.00740. The number of carbonyl (C=O) groups is 3. The Morgan fingerprint density at radius 2 is 1.57 bits per heavy atom. The number of nitrogens with zero attached hydrogens (tertiary/aromatic N) is 2. The standard InChI is InChI=1S/C28H24N2O5S2/c31-18(32)11-12-29-25(33)21-16-13-17(22(21)26(29)34)23-20(16)19(14-7-3-1-4-8-14)24-27(36-23)30(28(35)37-24)15-9-5-2-6-10-15/h1-10,16-17,19-23H,11-13H2,(H,31,32)/p-1. The van der Waals surface area contributed by atoms with Crippen molar-refractivity contribution in [2.45, 2.75) is 29.0 Å². The summed E-state index contributed by atoms with van der Waals surface area (Å²) in [5.74, 6) is -2.48. The highest BCUT2D eigenvalue weighted by Gasteiger charge is 2.69. The van der Waals surface area contributed by atoms with Crippen molar-refractivity contribution in [2.75, 3.05) is 6.54 Å². The molecule has 7 rings (SSSR count). The van der Waals surface area contributed by atoms with E-state index in [1.54, 1.807) is 16.3 Å². The van der Waals surface area contributed by atoms with Gasteiger partial charge in [0.1, 0.15) is 0 Å². The summed E-state index contributed by atoms with van der Waals surface area (Å²) >= 11 is 2.97. The lowest BCUT2D eigenvalue weighted by atomic mass is 9.68. The van der Waals surface area contributed by atoms with Gasteiger partial charge < -0.3 is 9.90 Å². The first-order valence-corrected chi connectivity index (χ1v) is 14.2. The van der Waals surface area contributed by atoms with Crippen LogP contribution in [0, 0.1) is 29.6 Å². The zero-order valence-corrected chi connectivity index (χ0v) is 21.3. The Hall–Kier alpha value is -3.17. The number of rotatable bonds is 5. The van der Waals surface area contributed by atoms with E-state index in [1.165, 1.54) is 16.2 Å². The molecule has 2 aromatic carbocycles. The van der Waals surface area contributed by atoms with E-state index >= 15 is 0 Å². The molecule has 2 saturated carbocycles. The van der Waals surface area contributed by atoms with Gasteiger partial charge in [-0.2, -0.15) is 0 Å². The van der Waals surface area contributed by atoms with Crippen molar-refractivity contribution >= 4 is 40.9 Å². The number of carboxylic acids is 1. The van der Waals surface area contributed by atoms with Crippen LogP contribution < -0.4 is 9.98 Å². The average Bonchev–Trinajstić information content (AvgIpc) is 3.62. The normalized spacial score (nSPS) is 31.4. The van der Waals surface area contributed by atoms with Crippen LogP contribution in [0.4, 0.5) is 0 Å². The third-order valence-corrected chi connectivity index (χ3v) is 11.4. The molecular formula is C28H23N2O5S2-. The van der Waals surface area contributed by atoms with Gasteiger partial charge in [-0.1, -0.05) is 59.9 Å². The van der Waals surface area contributed by atoms with Gasteiger partial charge in [-0.3, -0.25) is 23.9 Å². The average molecular weight is 532 g/mol. The number of carbonyl (C=O) groups excluding carboxylic acids is 3. The van der Waals surface area contributed by atoms with E-state index in [4.69, 9.17) is 0 Å². The molecule has 1 saturated heterocycles. The molecular weight excluding hydrogens is 508 g/mol. The summed E-state index contributed by atoms with van der Waals surface area (Å²) < 4.78 is 1.80. The van der Waals surface area contributed by atoms with Gasteiger partial charge in [0.15, 0.2) is 0 Å². The molecule has 3 aromatic rings. The number of aliphatic carboxylic acids is 1. The number of imide groups is 1. The number of aromatic nitrogens is 1. The van der Waals surface area contributed by atoms with Crippen LogP contribution in [-0.2, 0) is 14.4 Å². The number of fused-ring (bicyclic) bond motifs is 9. The Labute approximate surface area is 221 Å². The molecule has 2 aliphatic heterocycles. The van der Waals surface area contributed by atoms with Gasteiger partial charge in [0.25, 0.3) is 0 Å². The largest absolute Gasteiger partial charge is 0.550 e. The summed E-state index contributed by atoms with van der Waals surface area (Å²) in [6, 6.07) is 19.8. The van der Waals surface area contributed by atoms with E-state index in [2.05, 4.69) is 12.1 Å². The number of para-hydroxylation sites is 1. The first-order chi connectivity index (χ1) is 18.0. The molecule has 2 aliphatic carbocycles. The highest BCUT2D eigenvalue weighted by molar-refractivity contribution is 8.00. The second-order valence-corrected chi connectivity index (χ2v) is 12.5. The van der Waals surface area contributed by atoms with Crippen LogP contribution in [0.5, 0.6) is 0 Å². The lowest BCUT2D eigenvalue weighted by Gasteiger charge is -2.43. The molecule has 1 aromatic heterocycles. The Balaban J connectivity index is 1.35. The van der Waals surface area contributed by atoms with Crippen molar-refractivity contribution in [3.8, 4) is 5.69 Å². The van der Waals surface area contributed by atoms with E-state index in [0.29, 0.717) is 0 Å². The number of thiazole rings is 1. The lowest BCUT2D eigenvalue weighted by Crippen LogP contribution is -2.43. The number of likely N-dealkylation sites (tertiary alicyclic amines) is 1. The molecule has 3 fully saturated rings. The molecule has 0 radical (unpaired) electrons. The molecule has 0 N–H and O–H groups in total. The highest BCUT2D eigenvalue weighted by atomic mass is 32.2. The third kappa shape index (κ3) is 3.26. The molecule has 188 valence electrons. The molecule has 7 atom stereocenters. The van der Waals surface area contributed by atoms with Gasteiger partial charge in [-0.15, -0.1) is 11.8 Å². The summed E-state index contributed by atoms with van der Waals surface area (Å²) in [5, 5.41) is 12.1. The van der Waals surface area contributed by atoms with Gasteiger partial charge in [0.05, 0.1) is 22.5 Å². The van der Waals surface area contributed by atoms with Crippen molar-refractivity contribution in [3.05, 3.63) is 80.8 Å². The highest BCUT2D eigenvalue weighted by Crippen LogP contribution is 2.68. The number of carboxylic acid groups (broad SMARTS) is 1. The zero-order valence-electron chi connectivity index (χ0n) is 19.7. The monoisotopic (exact) mass is 531 g/mol. The molecule has 7 nitrogen and oxygen atoms in total. The van der Waals surface area contributed by atoms with Gasteiger partial charge in [0, 0.05) is 35.0 Å². The predicted octanol–water partition coefficient (Wildman–Crippen LogP) is 2.51. The summed E-state index contributed by atoms with van der Waals surface area (Å²) in [4.78, 5) is 53.4. The molecule has 9 heteroatoms. The van der Waals surface area contributed by atoms with Gasteiger partial charge in [-0.05, 0) is 41.9 Å². The van der Waals surface area contributed by atoms with Crippen molar-refractivity contribution in [3.63, 3.8) is 0 Å². The van der Waals surface area contributed by atoms with Crippen LogP contribution in [0.15, 0.2) is 70.5 Å². The quantitative estimate of drug-likeness (QED) is 0.469. The lowest BCUT2D eigenvalue weighted by molar-refractivity contribution is -0.305. The fraction of sp³-hybridized carbons (Fsp3) is 0.357. The molecule has 2 bridgehead atoms. The van der Waals surface area contributed by atoms with E-state index in [9.17, 15) is 24.3 Å². The first kappa shape index (κ1) is 23.0.